The molecule has 1 aromatic rings. The standard InChI is InChI=1S/C14H19NO3/c1-10-5-4-6-11(2)12(10)7-8-13(16)15(3)9-14(17)18/h4-6H,7-9H2,1-3H3,(H,17,18). The quantitative estimate of drug-likeness (QED) is 0.865. The number of nitrogens with zero attached hydrogens (tertiary/aromatic N) is 1. The fourth-order valence-electron chi connectivity index (χ4n) is 1.96. The van der Waals surface area contributed by atoms with Crippen molar-refractivity contribution < 1.29 is 14.7 Å². The lowest BCUT2D eigenvalue weighted by atomic mass is 9.98. The van der Waals surface area contributed by atoms with Crippen molar-refractivity contribution in [1.82, 2.24) is 4.90 Å². The zero-order valence-corrected chi connectivity index (χ0v) is 11.1. The van der Waals surface area contributed by atoms with Gasteiger partial charge in [0.1, 0.15) is 6.54 Å². The van der Waals surface area contributed by atoms with Gasteiger partial charge in [-0.15, -0.1) is 0 Å². The normalized spacial score (nSPS) is 10.2. The average molecular weight is 249 g/mol. The maximum atomic E-state index is 11.7. The summed E-state index contributed by atoms with van der Waals surface area (Å²) in [6.07, 6.45) is 0.997. The molecule has 18 heavy (non-hydrogen) atoms. The van der Waals surface area contributed by atoms with Crippen LogP contribution in [0.5, 0.6) is 0 Å². The summed E-state index contributed by atoms with van der Waals surface area (Å²) in [5, 5.41) is 8.61. The number of carboxylic acid groups (broad SMARTS) is 1. The molecule has 1 amide bonds. The van der Waals surface area contributed by atoms with E-state index in [9.17, 15) is 9.59 Å². The minimum absolute atomic E-state index is 0.139. The lowest BCUT2D eigenvalue weighted by Gasteiger charge is -2.15. The molecule has 1 rings (SSSR count). The third-order valence-corrected chi connectivity index (χ3v) is 3.03. The Bertz CT molecular complexity index is 434. The van der Waals surface area contributed by atoms with Crippen molar-refractivity contribution in [3.8, 4) is 0 Å². The van der Waals surface area contributed by atoms with Crippen LogP contribution in [0.1, 0.15) is 23.1 Å². The van der Waals surface area contributed by atoms with E-state index in [1.165, 1.54) is 28.6 Å². The second kappa shape index (κ2) is 6.19. The molecule has 0 bridgehead atoms. The van der Waals surface area contributed by atoms with Gasteiger partial charge in [-0.25, -0.2) is 0 Å². The minimum atomic E-state index is -0.988. The summed E-state index contributed by atoms with van der Waals surface area (Å²) in [6, 6.07) is 6.04. The number of hydrogen-bond acceptors (Lipinski definition) is 2. The van der Waals surface area contributed by atoms with E-state index in [-0.39, 0.29) is 12.5 Å². The zero-order chi connectivity index (χ0) is 13.7. The highest BCUT2D eigenvalue weighted by molar-refractivity contribution is 5.81. The highest BCUT2D eigenvalue weighted by Crippen LogP contribution is 2.15. The van der Waals surface area contributed by atoms with Crippen molar-refractivity contribution in [2.24, 2.45) is 0 Å². The van der Waals surface area contributed by atoms with Gasteiger partial charge in [0.05, 0.1) is 0 Å². The molecule has 0 spiro atoms. The van der Waals surface area contributed by atoms with Gasteiger partial charge in [0.25, 0.3) is 0 Å². The monoisotopic (exact) mass is 249 g/mol. The first-order chi connectivity index (χ1) is 8.41. The predicted molar refractivity (Wildman–Crippen MR) is 69.5 cm³/mol. The topological polar surface area (TPSA) is 57.6 Å². The van der Waals surface area contributed by atoms with Crippen LogP contribution in [0.25, 0.3) is 0 Å². The van der Waals surface area contributed by atoms with E-state index in [4.69, 9.17) is 5.11 Å². The molecule has 0 unspecified atom stereocenters. The third-order valence-electron chi connectivity index (χ3n) is 3.03. The van der Waals surface area contributed by atoms with Crippen molar-refractivity contribution in [3.05, 3.63) is 34.9 Å². The number of amides is 1. The number of carbonyl (C=O) groups is 2. The molecule has 0 saturated heterocycles. The van der Waals surface area contributed by atoms with Gasteiger partial charge >= 0.3 is 5.97 Å². The van der Waals surface area contributed by atoms with Crippen molar-refractivity contribution in [2.75, 3.05) is 13.6 Å². The lowest BCUT2D eigenvalue weighted by Crippen LogP contribution is -2.32. The molecule has 4 heteroatoms. The highest BCUT2D eigenvalue weighted by atomic mass is 16.4. The Kier molecular flexibility index (Phi) is 4.89. The van der Waals surface area contributed by atoms with Crippen LogP contribution in [0, 0.1) is 13.8 Å². The second-order valence-electron chi connectivity index (χ2n) is 4.51. The van der Waals surface area contributed by atoms with Gasteiger partial charge in [-0.1, -0.05) is 18.2 Å². The predicted octanol–water partition coefficient (Wildman–Crippen LogP) is 1.78. The molecule has 4 nitrogen and oxygen atoms in total. The number of hydrogen-bond donors (Lipinski definition) is 1. The Morgan fingerprint density at radius 1 is 1.22 bits per heavy atom. The van der Waals surface area contributed by atoms with Crippen LogP contribution in [-0.4, -0.2) is 35.5 Å². The SMILES string of the molecule is Cc1cccc(C)c1CCC(=O)N(C)CC(=O)O. The van der Waals surface area contributed by atoms with Crippen LogP contribution in [0.3, 0.4) is 0 Å². The van der Waals surface area contributed by atoms with Crippen LogP contribution in [-0.2, 0) is 16.0 Å². The Morgan fingerprint density at radius 2 is 1.78 bits per heavy atom. The molecule has 1 N–H and O–H groups in total. The second-order valence-corrected chi connectivity index (χ2v) is 4.51. The molecular formula is C14H19NO3. The summed E-state index contributed by atoms with van der Waals surface area (Å²) in [5.41, 5.74) is 3.52. The fraction of sp³-hybridized carbons (Fsp3) is 0.429. The minimum Gasteiger partial charge on any atom is -0.480 e. The maximum absolute atomic E-state index is 11.7. The van der Waals surface area contributed by atoms with E-state index in [2.05, 4.69) is 0 Å². The summed E-state index contributed by atoms with van der Waals surface area (Å²) in [4.78, 5) is 23.5. The van der Waals surface area contributed by atoms with Crippen LogP contribution < -0.4 is 0 Å². The smallest absolute Gasteiger partial charge is 0.323 e. The summed E-state index contributed by atoms with van der Waals surface area (Å²) in [5.74, 6) is -1.13. The molecule has 0 radical (unpaired) electrons. The molecule has 0 atom stereocenters. The van der Waals surface area contributed by atoms with E-state index in [1.807, 2.05) is 32.0 Å². The number of carbonyl (C=O) groups excluding carboxylic acids is 1. The van der Waals surface area contributed by atoms with E-state index in [1.54, 1.807) is 0 Å². The van der Waals surface area contributed by atoms with E-state index in [0.717, 1.165) is 0 Å². The lowest BCUT2D eigenvalue weighted by molar-refractivity contribution is -0.143. The largest absolute Gasteiger partial charge is 0.480 e. The Hall–Kier alpha value is -1.84. The Balaban J connectivity index is 2.60. The molecule has 98 valence electrons. The van der Waals surface area contributed by atoms with Crippen molar-refractivity contribution in [3.63, 3.8) is 0 Å². The Morgan fingerprint density at radius 3 is 2.28 bits per heavy atom. The number of rotatable bonds is 5. The molecule has 0 aliphatic heterocycles. The van der Waals surface area contributed by atoms with Crippen LogP contribution >= 0.6 is 0 Å². The molecule has 0 aromatic heterocycles. The first-order valence-electron chi connectivity index (χ1n) is 5.92. The van der Waals surface area contributed by atoms with Gasteiger partial charge in [-0.2, -0.15) is 0 Å². The molecule has 1 aromatic carbocycles. The zero-order valence-electron chi connectivity index (χ0n) is 11.1. The average Bonchev–Trinajstić information content (AvgIpc) is 2.27. The highest BCUT2D eigenvalue weighted by Gasteiger charge is 2.13. The molecule has 0 aliphatic carbocycles. The van der Waals surface area contributed by atoms with Crippen molar-refractivity contribution >= 4 is 11.9 Å². The number of aryl methyl sites for hydroxylation is 2. The van der Waals surface area contributed by atoms with Crippen molar-refractivity contribution in [2.45, 2.75) is 26.7 Å². The van der Waals surface area contributed by atoms with E-state index >= 15 is 0 Å². The third kappa shape index (κ3) is 3.87. The first-order valence-corrected chi connectivity index (χ1v) is 5.92. The summed E-state index contributed by atoms with van der Waals surface area (Å²) in [7, 11) is 1.52. The van der Waals surface area contributed by atoms with Crippen LogP contribution in [0.15, 0.2) is 18.2 Å². The maximum Gasteiger partial charge on any atom is 0.323 e. The number of benzene rings is 1. The Labute approximate surface area is 107 Å². The van der Waals surface area contributed by atoms with Gasteiger partial charge in [0.15, 0.2) is 0 Å². The number of aliphatic carboxylic acids is 1. The van der Waals surface area contributed by atoms with Gasteiger partial charge in [0.2, 0.25) is 5.91 Å². The summed E-state index contributed by atoms with van der Waals surface area (Å²) in [6.45, 7) is 3.80. The molecule has 0 heterocycles. The van der Waals surface area contributed by atoms with Gasteiger partial charge in [0, 0.05) is 13.5 Å². The van der Waals surface area contributed by atoms with Gasteiger partial charge < -0.3 is 10.0 Å². The van der Waals surface area contributed by atoms with Gasteiger partial charge in [-0.3, -0.25) is 9.59 Å². The van der Waals surface area contributed by atoms with Crippen LogP contribution in [0.4, 0.5) is 0 Å². The summed E-state index contributed by atoms with van der Waals surface area (Å²) < 4.78 is 0. The molecular weight excluding hydrogens is 230 g/mol. The summed E-state index contributed by atoms with van der Waals surface area (Å²) >= 11 is 0. The molecule has 0 saturated carbocycles. The van der Waals surface area contributed by atoms with E-state index in [0.29, 0.717) is 12.8 Å². The van der Waals surface area contributed by atoms with Gasteiger partial charge in [-0.05, 0) is 37.0 Å². The number of carboxylic acids is 1. The molecule has 0 aliphatic rings. The molecule has 0 fully saturated rings. The van der Waals surface area contributed by atoms with Crippen molar-refractivity contribution in [1.29, 1.82) is 0 Å². The fourth-order valence-corrected chi connectivity index (χ4v) is 1.96. The van der Waals surface area contributed by atoms with Crippen LogP contribution in [0.2, 0.25) is 0 Å². The number of likely N-dealkylation sites (N-methyl/N-ethyl adjacent to an activating group) is 1. The first kappa shape index (κ1) is 14.2. The van der Waals surface area contributed by atoms with E-state index < -0.39 is 5.97 Å².